The molecule has 0 bridgehead atoms. The summed E-state index contributed by atoms with van der Waals surface area (Å²) in [6.07, 6.45) is 0. The van der Waals surface area contributed by atoms with Crippen molar-refractivity contribution in [3.63, 3.8) is 0 Å². The molecule has 0 amide bonds. The predicted molar refractivity (Wildman–Crippen MR) is 22.9 cm³/mol. The number of carbonyl (C=O) groups excluding carboxylic acids is 1. The van der Waals surface area contributed by atoms with Gasteiger partial charge in [-0.15, -0.1) is 0 Å². The number of carbonyl (C=O) groups is 1. The zero-order valence-corrected chi connectivity index (χ0v) is 4.94. The lowest BCUT2D eigenvalue weighted by Gasteiger charge is -1.96. The van der Waals surface area contributed by atoms with Gasteiger partial charge in [0.05, 0.1) is 0 Å². The molecule has 0 unspecified atom stereocenters. The minimum atomic E-state index is -1.29. The Balaban J connectivity index is 2.07. The smallest absolute Gasteiger partial charge is 0.309 e. The van der Waals surface area contributed by atoms with E-state index in [0.29, 0.717) is 0 Å². The van der Waals surface area contributed by atoms with Crippen LogP contribution in [-0.4, -0.2) is 13.3 Å². The standard InChI is InChI=1S/C2H3BO7/c1-2(4)5-6-3-7-9-10-8-3/h1H3. The molecule has 0 radical (unpaired) electrons. The third kappa shape index (κ3) is 2.29. The Morgan fingerprint density at radius 2 is 2.00 bits per heavy atom. The quantitative estimate of drug-likeness (QED) is 0.292. The summed E-state index contributed by atoms with van der Waals surface area (Å²) in [6.45, 7) is 1.15. The van der Waals surface area contributed by atoms with Crippen LogP contribution >= 0.6 is 0 Å². The van der Waals surface area contributed by atoms with Crippen LogP contribution in [0.25, 0.3) is 0 Å². The van der Waals surface area contributed by atoms with Crippen LogP contribution in [0.15, 0.2) is 0 Å². The summed E-state index contributed by atoms with van der Waals surface area (Å²) in [4.78, 5) is 26.3. The number of hydrogen-bond donors (Lipinski definition) is 0. The first-order chi connectivity index (χ1) is 4.79. The zero-order valence-electron chi connectivity index (χ0n) is 4.94. The van der Waals surface area contributed by atoms with E-state index >= 15 is 0 Å². The molecule has 56 valence electrons. The molecular formula is C2H3BO7. The van der Waals surface area contributed by atoms with Gasteiger partial charge in [-0.2, -0.15) is 14.4 Å². The van der Waals surface area contributed by atoms with Crippen LogP contribution in [0.3, 0.4) is 0 Å². The molecule has 0 aliphatic carbocycles. The predicted octanol–water partition coefficient (Wildman–Crippen LogP) is -0.709. The van der Waals surface area contributed by atoms with Crippen molar-refractivity contribution in [1.29, 1.82) is 0 Å². The first kappa shape index (κ1) is 7.44. The van der Waals surface area contributed by atoms with Crippen LogP contribution in [0.1, 0.15) is 6.92 Å². The molecule has 0 aromatic heterocycles. The molecule has 0 saturated carbocycles. The third-order valence-corrected chi connectivity index (χ3v) is 0.508. The minimum Gasteiger partial charge on any atom is -0.309 e. The van der Waals surface area contributed by atoms with Gasteiger partial charge >= 0.3 is 13.3 Å². The average molecular weight is 150 g/mol. The molecule has 1 saturated heterocycles. The van der Waals surface area contributed by atoms with Gasteiger partial charge in [-0.25, -0.2) is 4.79 Å². The second kappa shape index (κ2) is 3.49. The van der Waals surface area contributed by atoms with Crippen molar-refractivity contribution in [3.8, 4) is 0 Å². The molecule has 0 spiro atoms. The molecule has 7 nitrogen and oxygen atoms in total. The largest absolute Gasteiger partial charge is 0.739 e. The highest BCUT2D eigenvalue weighted by Gasteiger charge is 2.35. The molecule has 8 heteroatoms. The topological polar surface area (TPSA) is 72.5 Å². The van der Waals surface area contributed by atoms with Gasteiger partial charge in [0.25, 0.3) is 0 Å². The van der Waals surface area contributed by atoms with Crippen LogP contribution < -0.4 is 0 Å². The molecule has 1 aliphatic heterocycles. The summed E-state index contributed by atoms with van der Waals surface area (Å²) in [5, 5.41) is 7.50. The molecule has 0 aromatic carbocycles. The fourth-order valence-electron chi connectivity index (χ4n) is 0.251. The van der Waals surface area contributed by atoms with Crippen LogP contribution in [0.4, 0.5) is 0 Å². The van der Waals surface area contributed by atoms with Crippen molar-refractivity contribution in [1.82, 2.24) is 0 Å². The van der Waals surface area contributed by atoms with E-state index < -0.39 is 13.3 Å². The van der Waals surface area contributed by atoms with Crippen LogP contribution in [-0.2, 0) is 34.2 Å². The van der Waals surface area contributed by atoms with Gasteiger partial charge in [0, 0.05) is 6.92 Å². The van der Waals surface area contributed by atoms with E-state index in [9.17, 15) is 4.79 Å². The Hall–Kier alpha value is -0.665. The van der Waals surface area contributed by atoms with Crippen molar-refractivity contribution in [2.24, 2.45) is 0 Å². The second-order valence-corrected chi connectivity index (χ2v) is 1.29. The normalized spacial score (nSPS) is 17.5. The molecule has 0 aromatic rings. The van der Waals surface area contributed by atoms with E-state index in [2.05, 4.69) is 29.4 Å². The molecule has 1 rings (SSSR count). The maximum Gasteiger partial charge on any atom is 0.739 e. The molecular weight excluding hydrogens is 147 g/mol. The number of hydrogen-bond acceptors (Lipinski definition) is 7. The molecule has 1 heterocycles. The van der Waals surface area contributed by atoms with E-state index in [0.717, 1.165) is 6.92 Å². The summed E-state index contributed by atoms with van der Waals surface area (Å²) in [7, 11) is -1.29. The van der Waals surface area contributed by atoms with Gasteiger partial charge in [0.15, 0.2) is 0 Å². The van der Waals surface area contributed by atoms with Crippen molar-refractivity contribution in [3.05, 3.63) is 0 Å². The fraction of sp³-hybridized carbons (Fsp3) is 0.500. The lowest BCUT2D eigenvalue weighted by atomic mass is 10.3. The summed E-state index contributed by atoms with van der Waals surface area (Å²) in [5.74, 6) is -0.640. The fourth-order valence-corrected chi connectivity index (χ4v) is 0.251. The Morgan fingerprint density at radius 3 is 2.50 bits per heavy atom. The number of rotatable bonds is 2. The van der Waals surface area contributed by atoms with Crippen LogP contribution in [0.5, 0.6) is 0 Å². The molecule has 1 aliphatic rings. The molecule has 10 heavy (non-hydrogen) atoms. The van der Waals surface area contributed by atoms with Gasteiger partial charge in [-0.1, -0.05) is 0 Å². The summed E-state index contributed by atoms with van der Waals surface area (Å²) < 4.78 is 0. The lowest BCUT2D eigenvalue weighted by molar-refractivity contribution is -0.532. The molecule has 0 N–H and O–H groups in total. The van der Waals surface area contributed by atoms with E-state index in [4.69, 9.17) is 0 Å². The van der Waals surface area contributed by atoms with Crippen molar-refractivity contribution in [2.45, 2.75) is 6.92 Å². The van der Waals surface area contributed by atoms with E-state index in [1.165, 1.54) is 0 Å². The van der Waals surface area contributed by atoms with E-state index in [1.54, 1.807) is 0 Å². The zero-order chi connectivity index (χ0) is 7.40. The Bertz CT molecular complexity index is 119. The molecule has 0 atom stereocenters. The highest BCUT2D eigenvalue weighted by molar-refractivity contribution is 6.35. The Kier molecular flexibility index (Phi) is 2.60. The van der Waals surface area contributed by atoms with Crippen molar-refractivity contribution < 1.29 is 34.2 Å². The van der Waals surface area contributed by atoms with Crippen LogP contribution in [0.2, 0.25) is 0 Å². The summed E-state index contributed by atoms with van der Waals surface area (Å²) in [6, 6.07) is 0. The van der Waals surface area contributed by atoms with E-state index in [1.807, 2.05) is 0 Å². The van der Waals surface area contributed by atoms with Gasteiger partial charge in [-0.3, -0.25) is 0 Å². The Morgan fingerprint density at radius 1 is 1.40 bits per heavy atom. The van der Waals surface area contributed by atoms with Crippen molar-refractivity contribution >= 4 is 13.3 Å². The van der Waals surface area contributed by atoms with Gasteiger partial charge in [0.1, 0.15) is 0 Å². The first-order valence-corrected chi connectivity index (χ1v) is 2.28. The summed E-state index contributed by atoms with van der Waals surface area (Å²) >= 11 is 0. The SMILES string of the molecule is CC(=O)OOB1OOOO1. The monoisotopic (exact) mass is 150 g/mol. The van der Waals surface area contributed by atoms with E-state index in [-0.39, 0.29) is 0 Å². The Labute approximate surface area is 55.6 Å². The molecule has 1 fully saturated rings. The maximum atomic E-state index is 10.1. The highest BCUT2D eigenvalue weighted by Crippen LogP contribution is 2.03. The second-order valence-electron chi connectivity index (χ2n) is 1.29. The maximum absolute atomic E-state index is 10.1. The highest BCUT2D eigenvalue weighted by atomic mass is 17.7. The van der Waals surface area contributed by atoms with Gasteiger partial charge < -0.3 is 4.89 Å². The third-order valence-electron chi connectivity index (χ3n) is 0.508. The van der Waals surface area contributed by atoms with Gasteiger partial charge in [0.2, 0.25) is 0 Å². The average Bonchev–Trinajstić information content (AvgIpc) is 2.34. The summed E-state index contributed by atoms with van der Waals surface area (Å²) in [5.41, 5.74) is 0. The van der Waals surface area contributed by atoms with Crippen molar-refractivity contribution in [2.75, 3.05) is 0 Å². The first-order valence-electron chi connectivity index (χ1n) is 2.28. The van der Waals surface area contributed by atoms with Gasteiger partial charge in [-0.05, 0) is 10.1 Å². The van der Waals surface area contributed by atoms with Crippen LogP contribution in [0, 0.1) is 0 Å². The lowest BCUT2D eigenvalue weighted by Crippen LogP contribution is -2.20. The minimum absolute atomic E-state index is 0.640.